The minimum Gasteiger partial charge on any atom is -0.460 e. The van der Waals surface area contributed by atoms with Gasteiger partial charge in [0, 0.05) is 18.9 Å². The number of aromatic nitrogens is 2. The molecule has 0 aliphatic rings. The molecular formula is C19H24F3N3O. The molecule has 0 amide bonds. The highest BCUT2D eigenvalue weighted by Gasteiger charge is 2.37. The summed E-state index contributed by atoms with van der Waals surface area (Å²) in [5, 5.41) is 0. The minimum absolute atomic E-state index is 0.0566. The molecule has 0 radical (unpaired) electrons. The van der Waals surface area contributed by atoms with E-state index in [0.29, 0.717) is 12.1 Å². The van der Waals surface area contributed by atoms with E-state index in [1.165, 1.54) is 4.90 Å². The van der Waals surface area contributed by atoms with Crippen LogP contribution in [-0.2, 0) is 12.6 Å². The summed E-state index contributed by atoms with van der Waals surface area (Å²) in [6.07, 6.45) is -1.43. The van der Waals surface area contributed by atoms with Crippen LogP contribution in [-0.4, -0.2) is 23.1 Å². The molecule has 0 saturated carbocycles. The lowest BCUT2D eigenvalue weighted by molar-refractivity contribution is -0.137. The van der Waals surface area contributed by atoms with Gasteiger partial charge in [-0.1, -0.05) is 32.4 Å². The van der Waals surface area contributed by atoms with Crippen LogP contribution in [0.4, 0.5) is 24.7 Å². The summed E-state index contributed by atoms with van der Waals surface area (Å²) >= 11 is 0. The highest BCUT2D eigenvalue weighted by atomic mass is 19.4. The van der Waals surface area contributed by atoms with Crippen LogP contribution in [0.1, 0.15) is 44.7 Å². The SMILES string of the molecule is CCCc1cccc(N(C)c2nc(OC(C)CC)ncc2C(F)(F)F)c1. The van der Waals surface area contributed by atoms with Crippen molar-refractivity contribution in [3.05, 3.63) is 41.6 Å². The number of anilines is 2. The second-order valence-electron chi connectivity index (χ2n) is 6.20. The van der Waals surface area contributed by atoms with Crippen LogP contribution in [0.2, 0.25) is 0 Å². The van der Waals surface area contributed by atoms with Gasteiger partial charge in [0.05, 0.1) is 6.10 Å². The first kappa shape index (κ1) is 20.0. The standard InChI is InChI=1S/C19H24F3N3O/c1-5-8-14-9-7-10-15(11-14)25(4)17-16(19(20,21)22)12-23-18(24-17)26-13(3)6-2/h7,9-13H,5-6,8H2,1-4H3. The first-order valence-electron chi connectivity index (χ1n) is 8.69. The van der Waals surface area contributed by atoms with Crippen molar-refractivity contribution in [3.8, 4) is 6.01 Å². The van der Waals surface area contributed by atoms with Gasteiger partial charge in [-0.3, -0.25) is 0 Å². The summed E-state index contributed by atoms with van der Waals surface area (Å²) in [7, 11) is 1.57. The van der Waals surface area contributed by atoms with Crippen molar-refractivity contribution in [2.24, 2.45) is 0 Å². The van der Waals surface area contributed by atoms with E-state index in [2.05, 4.69) is 16.9 Å². The highest BCUT2D eigenvalue weighted by molar-refractivity contribution is 5.63. The fourth-order valence-corrected chi connectivity index (χ4v) is 2.46. The molecule has 1 aromatic carbocycles. The highest BCUT2D eigenvalue weighted by Crippen LogP contribution is 2.38. The smallest absolute Gasteiger partial charge is 0.421 e. The van der Waals surface area contributed by atoms with Gasteiger partial charge in [-0.2, -0.15) is 18.2 Å². The molecule has 0 saturated heterocycles. The Hall–Kier alpha value is -2.31. The van der Waals surface area contributed by atoms with Crippen LogP contribution >= 0.6 is 0 Å². The van der Waals surface area contributed by atoms with E-state index < -0.39 is 11.7 Å². The predicted octanol–water partition coefficient (Wildman–Crippen LogP) is 5.39. The number of hydrogen-bond donors (Lipinski definition) is 0. The molecule has 26 heavy (non-hydrogen) atoms. The zero-order valence-electron chi connectivity index (χ0n) is 15.5. The fourth-order valence-electron chi connectivity index (χ4n) is 2.46. The zero-order chi connectivity index (χ0) is 19.3. The summed E-state index contributed by atoms with van der Waals surface area (Å²) in [6.45, 7) is 5.79. The van der Waals surface area contributed by atoms with E-state index in [1.54, 1.807) is 13.1 Å². The fraction of sp³-hybridized carbons (Fsp3) is 0.474. The molecule has 1 unspecified atom stereocenters. The van der Waals surface area contributed by atoms with E-state index in [4.69, 9.17) is 4.74 Å². The van der Waals surface area contributed by atoms with Crippen LogP contribution in [0, 0.1) is 0 Å². The lowest BCUT2D eigenvalue weighted by Gasteiger charge is -2.23. The summed E-state index contributed by atoms with van der Waals surface area (Å²) in [6, 6.07) is 7.38. The molecule has 7 heteroatoms. The predicted molar refractivity (Wildman–Crippen MR) is 95.9 cm³/mol. The molecule has 142 valence electrons. The Morgan fingerprint density at radius 2 is 1.96 bits per heavy atom. The van der Waals surface area contributed by atoms with E-state index in [9.17, 15) is 13.2 Å². The molecule has 1 heterocycles. The van der Waals surface area contributed by atoms with Crippen molar-refractivity contribution in [1.82, 2.24) is 9.97 Å². The Morgan fingerprint density at radius 1 is 1.23 bits per heavy atom. The monoisotopic (exact) mass is 367 g/mol. The number of rotatable bonds is 7. The molecule has 0 aliphatic heterocycles. The van der Waals surface area contributed by atoms with Crippen molar-refractivity contribution in [3.63, 3.8) is 0 Å². The number of benzene rings is 1. The zero-order valence-corrected chi connectivity index (χ0v) is 15.5. The Labute approximate surface area is 152 Å². The van der Waals surface area contributed by atoms with Crippen LogP contribution in [0.5, 0.6) is 6.01 Å². The van der Waals surface area contributed by atoms with Gasteiger partial charge in [0.15, 0.2) is 5.82 Å². The topological polar surface area (TPSA) is 38.2 Å². The van der Waals surface area contributed by atoms with Crippen LogP contribution < -0.4 is 9.64 Å². The number of aryl methyl sites for hydroxylation is 1. The number of hydrogen-bond acceptors (Lipinski definition) is 4. The Morgan fingerprint density at radius 3 is 2.58 bits per heavy atom. The van der Waals surface area contributed by atoms with Gasteiger partial charge in [0.2, 0.25) is 0 Å². The lowest BCUT2D eigenvalue weighted by atomic mass is 10.1. The molecule has 2 rings (SSSR count). The average Bonchev–Trinajstić information content (AvgIpc) is 2.60. The first-order valence-corrected chi connectivity index (χ1v) is 8.69. The maximum Gasteiger partial charge on any atom is 0.421 e. The van der Waals surface area contributed by atoms with Gasteiger partial charge < -0.3 is 9.64 Å². The molecule has 0 fully saturated rings. The molecule has 1 atom stereocenters. The van der Waals surface area contributed by atoms with E-state index in [1.807, 2.05) is 32.0 Å². The van der Waals surface area contributed by atoms with E-state index >= 15 is 0 Å². The van der Waals surface area contributed by atoms with E-state index in [-0.39, 0.29) is 17.9 Å². The van der Waals surface area contributed by atoms with Crippen molar-refractivity contribution < 1.29 is 17.9 Å². The van der Waals surface area contributed by atoms with Crippen LogP contribution in [0.25, 0.3) is 0 Å². The quantitative estimate of drug-likeness (QED) is 0.657. The molecule has 2 aromatic rings. The Bertz CT molecular complexity index is 734. The molecule has 0 bridgehead atoms. The van der Waals surface area contributed by atoms with Crippen molar-refractivity contribution in [1.29, 1.82) is 0 Å². The summed E-state index contributed by atoms with van der Waals surface area (Å²) < 4.78 is 45.8. The van der Waals surface area contributed by atoms with Crippen molar-refractivity contribution >= 4 is 11.5 Å². The molecular weight excluding hydrogens is 343 g/mol. The second-order valence-corrected chi connectivity index (χ2v) is 6.20. The summed E-state index contributed by atoms with van der Waals surface area (Å²) in [4.78, 5) is 9.21. The third kappa shape index (κ3) is 4.86. The van der Waals surface area contributed by atoms with Crippen LogP contribution in [0.15, 0.2) is 30.5 Å². The Kier molecular flexibility index (Phi) is 6.45. The Balaban J connectivity index is 2.46. The maximum absolute atomic E-state index is 13.4. The van der Waals surface area contributed by atoms with Crippen molar-refractivity contribution in [2.75, 3.05) is 11.9 Å². The molecule has 0 spiro atoms. The third-order valence-corrected chi connectivity index (χ3v) is 4.09. The number of alkyl halides is 3. The van der Waals surface area contributed by atoms with Gasteiger partial charge in [-0.15, -0.1) is 0 Å². The number of halogens is 3. The summed E-state index contributed by atoms with van der Waals surface area (Å²) in [5.41, 5.74) is 0.808. The molecule has 4 nitrogen and oxygen atoms in total. The van der Waals surface area contributed by atoms with Gasteiger partial charge in [-0.05, 0) is 37.5 Å². The molecule has 0 aliphatic carbocycles. The van der Waals surface area contributed by atoms with Crippen molar-refractivity contribution in [2.45, 2.75) is 52.3 Å². The summed E-state index contributed by atoms with van der Waals surface area (Å²) in [5.74, 6) is -0.223. The second kappa shape index (κ2) is 8.38. The average molecular weight is 367 g/mol. The van der Waals surface area contributed by atoms with E-state index in [0.717, 1.165) is 24.6 Å². The lowest BCUT2D eigenvalue weighted by Crippen LogP contribution is -2.20. The van der Waals surface area contributed by atoms with Gasteiger partial charge in [0.1, 0.15) is 5.56 Å². The largest absolute Gasteiger partial charge is 0.460 e. The third-order valence-electron chi connectivity index (χ3n) is 4.09. The maximum atomic E-state index is 13.4. The van der Waals surface area contributed by atoms with Gasteiger partial charge in [0.25, 0.3) is 0 Å². The minimum atomic E-state index is -4.56. The van der Waals surface area contributed by atoms with Gasteiger partial charge >= 0.3 is 12.2 Å². The van der Waals surface area contributed by atoms with Gasteiger partial charge in [-0.25, -0.2) is 4.98 Å². The molecule has 0 N–H and O–H groups in total. The molecule has 1 aromatic heterocycles. The number of nitrogens with zero attached hydrogens (tertiary/aromatic N) is 3. The number of ether oxygens (including phenoxy) is 1. The normalized spacial score (nSPS) is 12.7. The van der Waals surface area contributed by atoms with Crippen LogP contribution in [0.3, 0.4) is 0 Å². The first-order chi connectivity index (χ1) is 12.3.